The number of aryl methyl sites for hydroxylation is 1. The Morgan fingerprint density at radius 1 is 1.50 bits per heavy atom. The second-order valence-electron chi connectivity index (χ2n) is 3.98. The zero-order valence-corrected chi connectivity index (χ0v) is 12.6. The topological polar surface area (TPSA) is 73.2 Å². The zero-order chi connectivity index (χ0) is 14.9. The predicted molar refractivity (Wildman–Crippen MR) is 76.6 cm³/mol. The number of esters is 1. The van der Waals surface area contributed by atoms with Gasteiger partial charge in [-0.25, -0.2) is 4.79 Å². The molecule has 0 saturated carbocycles. The monoisotopic (exact) mass is 313 g/mol. The molecule has 6 nitrogen and oxygen atoms in total. The first kappa shape index (κ1) is 14.5. The number of rotatable bonds is 3. The zero-order valence-electron chi connectivity index (χ0n) is 11.1. The highest BCUT2D eigenvalue weighted by Crippen LogP contribution is 2.25. The van der Waals surface area contributed by atoms with Crippen LogP contribution in [0.25, 0.3) is 0 Å². The Kier molecular flexibility index (Phi) is 4.10. The summed E-state index contributed by atoms with van der Waals surface area (Å²) in [6, 6.07) is 1.62. The first-order valence-corrected chi connectivity index (χ1v) is 6.87. The minimum absolute atomic E-state index is 0.119. The van der Waals surface area contributed by atoms with Crippen molar-refractivity contribution in [2.24, 2.45) is 7.05 Å². The van der Waals surface area contributed by atoms with E-state index in [9.17, 15) is 9.59 Å². The van der Waals surface area contributed by atoms with Crippen LogP contribution in [0.4, 0.5) is 5.69 Å². The molecule has 0 saturated heterocycles. The number of hydrogen-bond donors (Lipinski definition) is 1. The average molecular weight is 314 g/mol. The number of aromatic nitrogens is 2. The maximum atomic E-state index is 12.1. The lowest BCUT2D eigenvalue weighted by atomic mass is 10.3. The third kappa shape index (κ3) is 2.54. The van der Waals surface area contributed by atoms with E-state index in [1.54, 1.807) is 25.4 Å². The van der Waals surface area contributed by atoms with E-state index in [4.69, 9.17) is 11.6 Å². The molecule has 1 amide bonds. The normalized spacial score (nSPS) is 10.4. The van der Waals surface area contributed by atoms with Gasteiger partial charge < -0.3 is 10.1 Å². The average Bonchev–Trinajstić information content (AvgIpc) is 2.98. The maximum Gasteiger partial charge on any atom is 0.350 e. The third-order valence-electron chi connectivity index (χ3n) is 2.76. The van der Waals surface area contributed by atoms with Crippen LogP contribution in [-0.2, 0) is 11.8 Å². The molecule has 0 fully saturated rings. The number of anilines is 1. The molecule has 2 heterocycles. The lowest BCUT2D eigenvalue weighted by molar-refractivity contribution is 0.0607. The fourth-order valence-corrected chi connectivity index (χ4v) is 2.58. The van der Waals surface area contributed by atoms with Crippen molar-refractivity contribution in [3.05, 3.63) is 32.7 Å². The Hall–Kier alpha value is -1.86. The highest BCUT2D eigenvalue weighted by Gasteiger charge is 2.21. The Labute approximate surface area is 124 Å². The largest absolute Gasteiger partial charge is 0.465 e. The summed E-state index contributed by atoms with van der Waals surface area (Å²) in [7, 11) is 2.98. The van der Waals surface area contributed by atoms with Gasteiger partial charge in [-0.2, -0.15) is 5.10 Å². The summed E-state index contributed by atoms with van der Waals surface area (Å²) in [5.74, 6) is -0.971. The number of hydrogen-bond acceptors (Lipinski definition) is 5. The molecule has 2 aromatic heterocycles. The maximum absolute atomic E-state index is 12.1. The number of nitrogens with one attached hydrogen (secondary N) is 1. The molecule has 20 heavy (non-hydrogen) atoms. The van der Waals surface area contributed by atoms with Crippen LogP contribution in [0.2, 0.25) is 5.02 Å². The van der Waals surface area contributed by atoms with Crippen LogP contribution in [0, 0.1) is 6.92 Å². The quantitative estimate of drug-likeness (QED) is 0.884. The summed E-state index contributed by atoms with van der Waals surface area (Å²) in [6.45, 7) is 1.76. The summed E-state index contributed by atoms with van der Waals surface area (Å²) >= 11 is 7.23. The predicted octanol–water partition coefficient (Wildman–Crippen LogP) is 2.48. The molecule has 0 aliphatic rings. The minimum Gasteiger partial charge on any atom is -0.465 e. The summed E-state index contributed by atoms with van der Waals surface area (Å²) in [4.78, 5) is 24.0. The van der Waals surface area contributed by atoms with Gasteiger partial charge >= 0.3 is 5.97 Å². The van der Waals surface area contributed by atoms with Crippen molar-refractivity contribution < 1.29 is 14.3 Å². The van der Waals surface area contributed by atoms with Crippen LogP contribution in [0.3, 0.4) is 0 Å². The van der Waals surface area contributed by atoms with Gasteiger partial charge in [-0.3, -0.25) is 9.48 Å². The van der Waals surface area contributed by atoms with Crippen molar-refractivity contribution in [1.82, 2.24) is 9.78 Å². The molecule has 2 rings (SSSR count). The molecule has 0 aliphatic heterocycles. The molecule has 0 unspecified atom stereocenters. The summed E-state index contributed by atoms with van der Waals surface area (Å²) < 4.78 is 6.16. The number of amides is 1. The number of carbonyl (C=O) groups excluding carboxylic acids is 2. The fourth-order valence-electron chi connectivity index (χ4n) is 1.57. The molecule has 0 bridgehead atoms. The second kappa shape index (κ2) is 5.64. The van der Waals surface area contributed by atoms with Crippen LogP contribution >= 0.6 is 22.9 Å². The van der Waals surface area contributed by atoms with Gasteiger partial charge in [-0.1, -0.05) is 11.6 Å². The number of halogens is 1. The van der Waals surface area contributed by atoms with Crippen molar-refractivity contribution in [1.29, 1.82) is 0 Å². The van der Waals surface area contributed by atoms with Crippen LogP contribution < -0.4 is 5.32 Å². The van der Waals surface area contributed by atoms with E-state index in [1.807, 2.05) is 0 Å². The van der Waals surface area contributed by atoms with Gasteiger partial charge in [0.05, 0.1) is 23.5 Å². The van der Waals surface area contributed by atoms with Gasteiger partial charge in [-0.15, -0.1) is 11.3 Å². The molecule has 0 atom stereocenters. The Balaban J connectivity index is 2.26. The van der Waals surface area contributed by atoms with E-state index >= 15 is 0 Å². The van der Waals surface area contributed by atoms with Gasteiger partial charge in [0, 0.05) is 7.05 Å². The highest BCUT2D eigenvalue weighted by atomic mass is 35.5. The molecule has 1 N–H and O–H groups in total. The molecule has 0 aliphatic carbocycles. The van der Waals surface area contributed by atoms with Crippen molar-refractivity contribution in [2.45, 2.75) is 6.92 Å². The Bertz CT molecular complexity index is 678. The SMILES string of the molecule is COC(=O)c1sccc1NC(=O)c1nn(C)c(C)c1Cl. The number of thiophene rings is 1. The summed E-state index contributed by atoms with van der Waals surface area (Å²) in [6.07, 6.45) is 0. The van der Waals surface area contributed by atoms with Crippen molar-refractivity contribution in [3.8, 4) is 0 Å². The summed E-state index contributed by atoms with van der Waals surface area (Å²) in [5.41, 5.74) is 1.19. The number of nitrogens with zero attached hydrogens (tertiary/aromatic N) is 2. The lowest BCUT2D eigenvalue weighted by Crippen LogP contribution is -2.15. The van der Waals surface area contributed by atoms with E-state index in [0.717, 1.165) is 0 Å². The molecular weight excluding hydrogens is 302 g/mol. The first-order valence-electron chi connectivity index (χ1n) is 5.62. The van der Waals surface area contributed by atoms with E-state index in [0.29, 0.717) is 21.3 Å². The first-order chi connectivity index (χ1) is 9.45. The fraction of sp³-hybridized carbons (Fsp3) is 0.250. The number of methoxy groups -OCH3 is 1. The Morgan fingerprint density at radius 2 is 2.20 bits per heavy atom. The van der Waals surface area contributed by atoms with Gasteiger partial charge in [0.15, 0.2) is 5.69 Å². The van der Waals surface area contributed by atoms with Crippen LogP contribution in [0.15, 0.2) is 11.4 Å². The van der Waals surface area contributed by atoms with Crippen molar-refractivity contribution >= 4 is 40.5 Å². The molecule has 8 heteroatoms. The Morgan fingerprint density at radius 3 is 2.75 bits per heavy atom. The third-order valence-corrected chi connectivity index (χ3v) is 4.11. The molecule has 0 radical (unpaired) electrons. The number of carbonyl (C=O) groups is 2. The van der Waals surface area contributed by atoms with E-state index < -0.39 is 11.9 Å². The van der Waals surface area contributed by atoms with E-state index in [2.05, 4.69) is 15.2 Å². The summed E-state index contributed by atoms with van der Waals surface area (Å²) in [5, 5.41) is 8.64. The van der Waals surface area contributed by atoms with Gasteiger partial charge in [-0.05, 0) is 18.4 Å². The van der Waals surface area contributed by atoms with Gasteiger partial charge in [0.25, 0.3) is 5.91 Å². The molecule has 106 valence electrons. The van der Waals surface area contributed by atoms with E-state index in [1.165, 1.54) is 23.1 Å². The lowest BCUT2D eigenvalue weighted by Gasteiger charge is -2.03. The minimum atomic E-state index is -0.501. The second-order valence-corrected chi connectivity index (χ2v) is 5.27. The van der Waals surface area contributed by atoms with Crippen LogP contribution in [-0.4, -0.2) is 28.8 Å². The van der Waals surface area contributed by atoms with Crippen LogP contribution in [0.5, 0.6) is 0 Å². The molecule has 0 aromatic carbocycles. The molecule has 0 spiro atoms. The van der Waals surface area contributed by atoms with Crippen LogP contribution in [0.1, 0.15) is 25.9 Å². The van der Waals surface area contributed by atoms with Gasteiger partial charge in [0.2, 0.25) is 0 Å². The molecule has 2 aromatic rings. The van der Waals surface area contributed by atoms with Gasteiger partial charge in [0.1, 0.15) is 4.88 Å². The molecular formula is C12H12ClN3O3S. The number of ether oxygens (including phenoxy) is 1. The standard InChI is InChI=1S/C12H12ClN3O3S/c1-6-8(13)9(15-16(6)2)11(17)14-7-4-5-20-10(7)12(18)19-3/h4-5H,1-3H3,(H,14,17). The smallest absolute Gasteiger partial charge is 0.350 e. The highest BCUT2D eigenvalue weighted by molar-refractivity contribution is 7.12. The van der Waals surface area contributed by atoms with Crippen molar-refractivity contribution in [3.63, 3.8) is 0 Å². The van der Waals surface area contributed by atoms with Crippen molar-refractivity contribution in [2.75, 3.05) is 12.4 Å². The van der Waals surface area contributed by atoms with E-state index in [-0.39, 0.29) is 5.69 Å².